The van der Waals surface area contributed by atoms with Crippen LogP contribution in [0.25, 0.3) is 154 Å². The van der Waals surface area contributed by atoms with Gasteiger partial charge < -0.3 is 14.5 Å². The van der Waals surface area contributed by atoms with Crippen LogP contribution in [0.3, 0.4) is 0 Å². The van der Waals surface area contributed by atoms with E-state index < -0.39 is 0 Å². The average Bonchev–Trinajstić information content (AvgIpc) is 1.18. The molecule has 120 heavy (non-hydrogen) atoms. The molecule has 0 saturated carbocycles. The van der Waals surface area contributed by atoms with Gasteiger partial charge in [-0.15, -0.1) is 0 Å². The summed E-state index contributed by atoms with van der Waals surface area (Å²) in [4.78, 5) is 4.65. The molecule has 0 unspecified atom stereocenters. The second kappa shape index (κ2) is 25.7. The van der Waals surface area contributed by atoms with Crippen molar-refractivity contribution in [1.29, 1.82) is 0 Å². The van der Waals surface area contributed by atoms with Crippen molar-refractivity contribution in [2.45, 2.75) is 96.3 Å². The predicted octanol–water partition coefficient (Wildman–Crippen LogP) is 31.5. The number of fused-ring (bicyclic) bond motifs is 20. The van der Waals surface area contributed by atoms with Gasteiger partial charge in [0.15, 0.2) is 11.5 Å². The van der Waals surface area contributed by atoms with Crippen molar-refractivity contribution < 1.29 is 4.74 Å². The largest absolute Gasteiger partial charge is 0.453 e. The minimum atomic E-state index is -0.118. The average molecular weight is 1540 g/mol. The van der Waals surface area contributed by atoms with Gasteiger partial charge in [-0.05, 0) is 283 Å². The molecule has 3 heteroatoms. The highest BCUT2D eigenvalue weighted by atomic mass is 16.5. The standard InChI is InChI=1S/C60H49N.C57H43NO/c1-58(2)48-20-12-10-16-40(48)42-28-24-37(33-52(42)58)36-25-30-46-47(32-36)57(38-26-29-43-41-17-11-13-21-49(41)59(3,4)53(43)34-38)45-19-9-8-18-44(45)56(46)39-27-31-51-55(35-39)61(7)54-23-15-14-22-50(54)60(51,5)6;1-56(2)46-18-10-8-14-38(46)40-26-22-35(31-48(40)56)34-23-28-44-45(30-34)55(36-24-27-41-39-15-9-11-19-47(39)57(3,4)49(41)32-36)43-17-7-6-16-42(43)54(44)37-25-29-53-51(33-37)58(5)50-20-12-13-21-52(50)59-53/h8-35H,1-7H3;6-33H,1-5H3. The molecule has 0 fully saturated rings. The van der Waals surface area contributed by atoms with Gasteiger partial charge in [-0.25, -0.2) is 0 Å². The van der Waals surface area contributed by atoms with Gasteiger partial charge in [0.2, 0.25) is 0 Å². The van der Waals surface area contributed by atoms with E-state index in [-0.39, 0.29) is 27.1 Å². The van der Waals surface area contributed by atoms with Crippen LogP contribution in [0.1, 0.15) is 125 Å². The van der Waals surface area contributed by atoms with E-state index in [2.05, 4.69) is 421 Å². The molecule has 3 nitrogen and oxygen atoms in total. The molecular weight excluding hydrogens is 1450 g/mol. The Labute approximate surface area is 704 Å². The van der Waals surface area contributed by atoms with E-state index in [0.717, 1.165) is 22.9 Å². The van der Waals surface area contributed by atoms with Crippen LogP contribution < -0.4 is 14.5 Å². The van der Waals surface area contributed by atoms with Gasteiger partial charge in [-0.2, -0.15) is 0 Å². The normalized spacial score (nSPS) is 15.4. The molecule has 576 valence electrons. The molecule has 2 aliphatic heterocycles. The number of hydrogen-bond donors (Lipinski definition) is 0. The van der Waals surface area contributed by atoms with E-state index in [9.17, 15) is 0 Å². The lowest BCUT2D eigenvalue weighted by Gasteiger charge is -2.40. The van der Waals surface area contributed by atoms with Crippen molar-refractivity contribution >= 4 is 65.8 Å². The minimum Gasteiger partial charge on any atom is -0.453 e. The molecule has 0 spiro atoms. The number of rotatable bonds is 6. The minimum absolute atomic E-state index is 0.0726. The molecule has 0 aromatic heterocycles. The molecule has 0 radical (unpaired) electrons. The Morgan fingerprint density at radius 3 is 0.867 bits per heavy atom. The van der Waals surface area contributed by atoms with Gasteiger partial charge in [0.05, 0.1) is 11.4 Å². The first kappa shape index (κ1) is 71.7. The van der Waals surface area contributed by atoms with Gasteiger partial charge in [0.1, 0.15) is 0 Å². The van der Waals surface area contributed by atoms with E-state index in [1.807, 2.05) is 12.1 Å². The molecule has 4 aliphatic carbocycles. The molecule has 0 bridgehead atoms. The van der Waals surface area contributed by atoms with Crippen molar-refractivity contribution in [3.8, 4) is 123 Å². The van der Waals surface area contributed by atoms with E-state index >= 15 is 0 Å². The second-order valence-electron chi connectivity index (χ2n) is 37.1. The predicted molar refractivity (Wildman–Crippen MR) is 507 cm³/mol. The Morgan fingerprint density at radius 2 is 0.433 bits per heavy atom. The van der Waals surface area contributed by atoms with E-state index in [1.54, 1.807) is 0 Å². The summed E-state index contributed by atoms with van der Waals surface area (Å²) in [6.07, 6.45) is 0. The van der Waals surface area contributed by atoms with Crippen LogP contribution in [0.2, 0.25) is 0 Å². The third-order valence-corrected chi connectivity index (χ3v) is 28.9. The number of anilines is 4. The second-order valence-corrected chi connectivity index (χ2v) is 37.1. The van der Waals surface area contributed by atoms with Gasteiger partial charge in [-0.1, -0.05) is 336 Å². The number of nitrogens with zero attached hydrogens (tertiary/aromatic N) is 2. The maximum atomic E-state index is 6.46. The monoisotopic (exact) mass is 1540 g/mol. The smallest absolute Gasteiger partial charge is 0.151 e. The van der Waals surface area contributed by atoms with Crippen molar-refractivity contribution in [2.75, 3.05) is 23.9 Å². The lowest BCUT2D eigenvalue weighted by Crippen LogP contribution is -2.30. The van der Waals surface area contributed by atoms with Crippen LogP contribution in [0.15, 0.2) is 340 Å². The number of hydrogen-bond acceptors (Lipinski definition) is 3. The van der Waals surface area contributed by atoms with Crippen LogP contribution in [-0.2, 0) is 27.1 Å². The molecule has 24 rings (SSSR count). The number of ether oxygens (including phenoxy) is 1. The molecular formula is C117H92N2O. The van der Waals surface area contributed by atoms with Crippen LogP contribution in [-0.4, -0.2) is 14.1 Å². The Hall–Kier alpha value is -13.6. The molecule has 0 atom stereocenters. The number of benzene rings is 18. The van der Waals surface area contributed by atoms with Crippen LogP contribution in [0.5, 0.6) is 11.5 Å². The highest BCUT2D eigenvalue weighted by Gasteiger charge is 2.42. The van der Waals surface area contributed by atoms with Gasteiger partial charge >= 0.3 is 0 Å². The highest BCUT2D eigenvalue weighted by molar-refractivity contribution is 6.24. The highest BCUT2D eigenvalue weighted by Crippen LogP contribution is 2.59. The zero-order valence-corrected chi connectivity index (χ0v) is 70.1. The van der Waals surface area contributed by atoms with Crippen molar-refractivity contribution in [3.05, 3.63) is 395 Å². The number of para-hydroxylation sites is 3. The summed E-state index contributed by atoms with van der Waals surface area (Å²) in [6, 6.07) is 128. The summed E-state index contributed by atoms with van der Waals surface area (Å²) >= 11 is 0. The fourth-order valence-electron chi connectivity index (χ4n) is 22.6. The van der Waals surface area contributed by atoms with Crippen molar-refractivity contribution in [3.63, 3.8) is 0 Å². The third-order valence-electron chi connectivity index (χ3n) is 28.9. The fourth-order valence-corrected chi connectivity index (χ4v) is 22.6. The fraction of sp³-hybridized carbons (Fsp3) is 0.145. The first-order chi connectivity index (χ1) is 58.1. The van der Waals surface area contributed by atoms with E-state index in [1.165, 1.54) is 221 Å². The first-order valence-corrected chi connectivity index (χ1v) is 42.7. The van der Waals surface area contributed by atoms with Crippen molar-refractivity contribution in [1.82, 2.24) is 0 Å². The Balaban J connectivity index is 0.000000140. The zero-order valence-electron chi connectivity index (χ0n) is 70.1. The first-order valence-electron chi connectivity index (χ1n) is 42.7. The Morgan fingerprint density at radius 1 is 0.175 bits per heavy atom. The third kappa shape index (κ3) is 10.2. The van der Waals surface area contributed by atoms with Gasteiger partial charge in [0.25, 0.3) is 0 Å². The molecule has 0 N–H and O–H groups in total. The molecule has 18 aromatic rings. The molecule has 2 heterocycles. The summed E-state index contributed by atoms with van der Waals surface area (Å²) in [5.74, 6) is 1.74. The van der Waals surface area contributed by atoms with Crippen LogP contribution in [0, 0.1) is 0 Å². The maximum Gasteiger partial charge on any atom is 0.151 e. The van der Waals surface area contributed by atoms with Gasteiger partial charge in [0, 0.05) is 52.5 Å². The molecule has 0 amide bonds. The van der Waals surface area contributed by atoms with Crippen LogP contribution in [0.4, 0.5) is 22.7 Å². The zero-order chi connectivity index (χ0) is 81.4. The summed E-state index contributed by atoms with van der Waals surface area (Å²) in [5.41, 5.74) is 43.8. The quantitative estimate of drug-likeness (QED) is 0.154. The topological polar surface area (TPSA) is 15.7 Å². The van der Waals surface area contributed by atoms with E-state index in [0.29, 0.717) is 0 Å². The lowest BCUT2D eigenvalue weighted by atomic mass is 9.73. The summed E-state index contributed by atoms with van der Waals surface area (Å²) in [5, 5.41) is 10.1. The lowest BCUT2D eigenvalue weighted by molar-refractivity contribution is 0.475. The Kier molecular flexibility index (Phi) is 15.4. The molecule has 18 aromatic carbocycles. The molecule has 0 saturated heterocycles. The Bertz CT molecular complexity index is 7520. The van der Waals surface area contributed by atoms with Gasteiger partial charge in [-0.3, -0.25) is 0 Å². The summed E-state index contributed by atoms with van der Waals surface area (Å²) in [6.45, 7) is 23.8. The molecule has 6 aliphatic rings. The summed E-state index contributed by atoms with van der Waals surface area (Å²) in [7, 11) is 4.37. The van der Waals surface area contributed by atoms with E-state index in [4.69, 9.17) is 4.74 Å². The SMILES string of the molecule is CN1c2ccccc2C(C)(C)c2ccc(-c3c4ccccc4c(-c4ccc5c(c4)C(C)(C)c4ccccc4-5)c4cc(-c5ccc6c(c5)C(C)(C)c5ccccc5-6)ccc34)cc21.CN1c2ccccc2Oc2ccc(-c3c4ccccc4c(-c4ccc5c(c4)C(C)(C)c4ccccc4-5)c4cc(-c5ccc6c(c5)C(C)(C)c5ccccc5-6)ccc34)cc21. The summed E-state index contributed by atoms with van der Waals surface area (Å²) < 4.78 is 6.46. The maximum absolute atomic E-state index is 6.46. The van der Waals surface area contributed by atoms with Crippen molar-refractivity contribution in [2.24, 2.45) is 0 Å². The van der Waals surface area contributed by atoms with Crippen LogP contribution >= 0.6 is 0 Å².